The second kappa shape index (κ2) is 10.5. The Balaban J connectivity index is 1.60. The number of para-hydroxylation sites is 1. The van der Waals surface area contributed by atoms with Crippen molar-refractivity contribution in [3.05, 3.63) is 29.3 Å². The molecule has 0 bridgehead atoms. The zero-order chi connectivity index (χ0) is 18.1. The molecule has 1 aromatic carbocycles. The SMILES string of the molecule is O=C(CCCOc1ccccc1Cl)NC1CCN(C(=O)CCCl)CC1. The normalized spacial score (nSPS) is 15.0. The smallest absolute Gasteiger partial charge is 0.223 e. The van der Waals surface area contributed by atoms with Gasteiger partial charge in [-0.15, -0.1) is 11.6 Å². The van der Waals surface area contributed by atoms with Crippen LogP contribution in [0.1, 0.15) is 32.1 Å². The van der Waals surface area contributed by atoms with Gasteiger partial charge in [0.05, 0.1) is 11.6 Å². The molecule has 1 heterocycles. The number of nitrogens with one attached hydrogen (secondary N) is 1. The van der Waals surface area contributed by atoms with E-state index in [0.29, 0.717) is 55.6 Å². The number of halogens is 2. The first-order chi connectivity index (χ1) is 12.1. The van der Waals surface area contributed by atoms with Crippen molar-refractivity contribution in [2.45, 2.75) is 38.1 Å². The van der Waals surface area contributed by atoms with Gasteiger partial charge in [0, 0.05) is 37.9 Å². The van der Waals surface area contributed by atoms with Crippen molar-refractivity contribution >= 4 is 35.0 Å². The molecule has 0 aliphatic carbocycles. The highest BCUT2D eigenvalue weighted by molar-refractivity contribution is 6.32. The van der Waals surface area contributed by atoms with Crippen LogP contribution in [0.2, 0.25) is 5.02 Å². The van der Waals surface area contributed by atoms with Crippen LogP contribution in [0.4, 0.5) is 0 Å². The highest BCUT2D eigenvalue weighted by Crippen LogP contribution is 2.23. The predicted octanol–water partition coefficient (Wildman–Crippen LogP) is 3.24. The Morgan fingerprint density at radius 3 is 2.60 bits per heavy atom. The van der Waals surface area contributed by atoms with Crippen molar-refractivity contribution in [1.82, 2.24) is 10.2 Å². The molecule has 0 atom stereocenters. The zero-order valence-electron chi connectivity index (χ0n) is 14.2. The minimum Gasteiger partial charge on any atom is -0.492 e. The van der Waals surface area contributed by atoms with Gasteiger partial charge in [0.15, 0.2) is 0 Å². The summed E-state index contributed by atoms with van der Waals surface area (Å²) in [5.74, 6) is 1.11. The summed E-state index contributed by atoms with van der Waals surface area (Å²) in [5, 5.41) is 3.61. The van der Waals surface area contributed by atoms with Gasteiger partial charge in [0.1, 0.15) is 5.75 Å². The number of hydrogen-bond acceptors (Lipinski definition) is 3. The topological polar surface area (TPSA) is 58.6 Å². The van der Waals surface area contributed by atoms with E-state index in [9.17, 15) is 9.59 Å². The summed E-state index contributed by atoms with van der Waals surface area (Å²) in [6, 6.07) is 7.42. The number of likely N-dealkylation sites (tertiary alicyclic amines) is 1. The molecular formula is C18H24Cl2N2O3. The number of piperidine rings is 1. The number of rotatable bonds is 8. The van der Waals surface area contributed by atoms with Gasteiger partial charge in [-0.3, -0.25) is 9.59 Å². The first kappa shape index (κ1) is 19.9. The first-order valence-electron chi connectivity index (χ1n) is 8.60. The number of hydrogen-bond donors (Lipinski definition) is 1. The van der Waals surface area contributed by atoms with E-state index in [2.05, 4.69) is 5.32 Å². The maximum atomic E-state index is 12.0. The van der Waals surface area contributed by atoms with Crippen LogP contribution < -0.4 is 10.1 Å². The van der Waals surface area contributed by atoms with E-state index in [1.807, 2.05) is 23.1 Å². The molecule has 2 amide bonds. The van der Waals surface area contributed by atoms with Crippen LogP contribution in [-0.2, 0) is 9.59 Å². The molecule has 1 saturated heterocycles. The third kappa shape index (κ3) is 6.75. The quantitative estimate of drug-likeness (QED) is 0.550. The standard InChI is InChI=1S/C18H24Cl2N2O3/c19-10-7-18(24)22-11-8-14(9-12-22)21-17(23)6-3-13-25-16-5-2-1-4-15(16)20/h1-2,4-5,14H,3,6-13H2,(H,21,23). The van der Waals surface area contributed by atoms with Gasteiger partial charge in [0.25, 0.3) is 0 Å². The summed E-state index contributed by atoms with van der Waals surface area (Å²) in [5.41, 5.74) is 0. The molecule has 0 radical (unpaired) electrons. The van der Waals surface area contributed by atoms with Crippen molar-refractivity contribution in [1.29, 1.82) is 0 Å². The number of carbonyl (C=O) groups is 2. The molecular weight excluding hydrogens is 363 g/mol. The monoisotopic (exact) mass is 386 g/mol. The van der Waals surface area contributed by atoms with E-state index in [0.717, 1.165) is 12.8 Å². The van der Waals surface area contributed by atoms with Crippen LogP contribution in [-0.4, -0.2) is 48.3 Å². The Morgan fingerprint density at radius 2 is 1.92 bits per heavy atom. The zero-order valence-corrected chi connectivity index (χ0v) is 15.7. The highest BCUT2D eigenvalue weighted by atomic mass is 35.5. The average Bonchev–Trinajstić information content (AvgIpc) is 2.61. The van der Waals surface area contributed by atoms with Crippen LogP contribution in [0.25, 0.3) is 0 Å². The van der Waals surface area contributed by atoms with Crippen molar-refractivity contribution in [2.75, 3.05) is 25.6 Å². The minimum atomic E-state index is 0.0216. The van der Waals surface area contributed by atoms with Crippen LogP contribution in [0.15, 0.2) is 24.3 Å². The van der Waals surface area contributed by atoms with Crippen LogP contribution >= 0.6 is 23.2 Å². The summed E-state index contributed by atoms with van der Waals surface area (Å²) in [4.78, 5) is 25.6. The number of carbonyl (C=O) groups excluding carboxylic acids is 2. The lowest BCUT2D eigenvalue weighted by Crippen LogP contribution is -2.46. The van der Waals surface area contributed by atoms with E-state index in [1.54, 1.807) is 6.07 Å². The Labute approximate surface area is 158 Å². The molecule has 25 heavy (non-hydrogen) atoms. The molecule has 0 saturated carbocycles. The fraction of sp³-hybridized carbons (Fsp3) is 0.556. The van der Waals surface area contributed by atoms with Gasteiger partial charge in [-0.2, -0.15) is 0 Å². The predicted molar refractivity (Wildman–Crippen MR) is 99.3 cm³/mol. The number of ether oxygens (including phenoxy) is 1. The average molecular weight is 387 g/mol. The lowest BCUT2D eigenvalue weighted by Gasteiger charge is -2.32. The number of alkyl halides is 1. The fourth-order valence-electron chi connectivity index (χ4n) is 2.79. The second-order valence-electron chi connectivity index (χ2n) is 6.04. The van der Waals surface area contributed by atoms with Crippen molar-refractivity contribution in [3.63, 3.8) is 0 Å². The Kier molecular flexibility index (Phi) is 8.35. The van der Waals surface area contributed by atoms with Gasteiger partial charge in [-0.25, -0.2) is 0 Å². The van der Waals surface area contributed by atoms with Crippen LogP contribution in [0, 0.1) is 0 Å². The van der Waals surface area contributed by atoms with Gasteiger partial charge in [0.2, 0.25) is 11.8 Å². The van der Waals surface area contributed by atoms with E-state index >= 15 is 0 Å². The minimum absolute atomic E-state index is 0.0216. The molecule has 7 heteroatoms. The fourth-order valence-corrected chi connectivity index (χ4v) is 3.14. The molecule has 1 aliphatic heterocycles. The molecule has 5 nitrogen and oxygen atoms in total. The lowest BCUT2D eigenvalue weighted by atomic mass is 10.0. The van der Waals surface area contributed by atoms with Gasteiger partial charge in [-0.05, 0) is 31.4 Å². The number of nitrogens with zero attached hydrogens (tertiary/aromatic N) is 1. The third-order valence-corrected chi connectivity index (χ3v) is 4.66. The van der Waals surface area contributed by atoms with Gasteiger partial charge in [-0.1, -0.05) is 23.7 Å². The highest BCUT2D eigenvalue weighted by Gasteiger charge is 2.23. The van der Waals surface area contributed by atoms with Gasteiger partial charge < -0.3 is 15.0 Å². The van der Waals surface area contributed by atoms with E-state index < -0.39 is 0 Å². The lowest BCUT2D eigenvalue weighted by molar-refractivity contribution is -0.132. The van der Waals surface area contributed by atoms with E-state index in [-0.39, 0.29) is 17.9 Å². The summed E-state index contributed by atoms with van der Waals surface area (Å²) in [6.45, 7) is 1.80. The van der Waals surface area contributed by atoms with Gasteiger partial charge >= 0.3 is 0 Å². The number of benzene rings is 1. The molecule has 1 fully saturated rings. The van der Waals surface area contributed by atoms with E-state index in [4.69, 9.17) is 27.9 Å². The maximum Gasteiger partial charge on any atom is 0.223 e. The molecule has 0 aromatic heterocycles. The summed E-state index contributed by atoms with van der Waals surface area (Å²) < 4.78 is 5.57. The van der Waals surface area contributed by atoms with Crippen molar-refractivity contribution in [3.8, 4) is 5.75 Å². The molecule has 1 N–H and O–H groups in total. The molecule has 0 spiro atoms. The maximum absolute atomic E-state index is 12.0. The summed E-state index contributed by atoms with van der Waals surface area (Å²) in [6.07, 6.45) is 3.00. The Bertz CT molecular complexity index is 575. The molecule has 138 valence electrons. The van der Waals surface area contributed by atoms with Crippen LogP contribution in [0.3, 0.4) is 0 Å². The Hall–Kier alpha value is -1.46. The van der Waals surface area contributed by atoms with E-state index in [1.165, 1.54) is 0 Å². The Morgan fingerprint density at radius 1 is 1.20 bits per heavy atom. The molecule has 1 aliphatic rings. The molecule has 2 rings (SSSR count). The number of amides is 2. The second-order valence-corrected chi connectivity index (χ2v) is 6.83. The summed E-state index contributed by atoms with van der Waals surface area (Å²) in [7, 11) is 0. The largest absolute Gasteiger partial charge is 0.492 e. The summed E-state index contributed by atoms with van der Waals surface area (Å²) >= 11 is 11.6. The third-order valence-electron chi connectivity index (χ3n) is 4.16. The van der Waals surface area contributed by atoms with Crippen molar-refractivity contribution < 1.29 is 14.3 Å². The van der Waals surface area contributed by atoms with Crippen molar-refractivity contribution in [2.24, 2.45) is 0 Å². The molecule has 0 unspecified atom stereocenters. The van der Waals surface area contributed by atoms with Crippen LogP contribution in [0.5, 0.6) is 5.75 Å². The molecule has 1 aromatic rings. The first-order valence-corrected chi connectivity index (χ1v) is 9.52.